The monoisotopic (exact) mass is 454 g/mol. The Balaban J connectivity index is 0.000000640. The van der Waals surface area contributed by atoms with E-state index in [1.807, 2.05) is 56.3 Å². The van der Waals surface area contributed by atoms with Crippen molar-refractivity contribution in [2.75, 3.05) is 13.2 Å². The summed E-state index contributed by atoms with van der Waals surface area (Å²) in [6, 6.07) is 21.4. The number of benzene rings is 3. The van der Waals surface area contributed by atoms with E-state index in [4.69, 9.17) is 14.2 Å². The van der Waals surface area contributed by atoms with Crippen LogP contribution < -0.4 is 14.2 Å². The molecule has 0 saturated heterocycles. The van der Waals surface area contributed by atoms with E-state index in [-0.39, 0.29) is 20.6 Å². The first-order valence-corrected chi connectivity index (χ1v) is 10.8. The molecule has 3 aromatic rings. The molecule has 4 heteroatoms. The molecule has 0 aromatic heterocycles. The number of aromatic hydroxyl groups is 1. The number of aryl methyl sites for hydroxylation is 2. The molecule has 0 aliphatic rings. The van der Waals surface area contributed by atoms with Gasteiger partial charge in [0.05, 0.1) is 13.2 Å². The lowest BCUT2D eigenvalue weighted by Gasteiger charge is -2.10. The second-order valence-corrected chi connectivity index (χ2v) is 7.46. The van der Waals surface area contributed by atoms with E-state index in [0.29, 0.717) is 13.2 Å². The standard InChI is InChI=1S/C17H20O2.C10H14O2.2CH4/c1-3-9-18-16-10-14(2)11-17(12-16)19-13-15-7-5-4-6-8-15;1-3-4-12-10-6-8(2)5-9(11)7-10;;/h4-8,10-12H,3,9,13H2,1-2H3;5-7,11H,3-4H2,1-2H3;2*1H4. The van der Waals surface area contributed by atoms with Gasteiger partial charge in [-0.3, -0.25) is 0 Å². The third-order valence-corrected chi connectivity index (χ3v) is 4.25. The van der Waals surface area contributed by atoms with Gasteiger partial charge in [-0.15, -0.1) is 0 Å². The summed E-state index contributed by atoms with van der Waals surface area (Å²) in [4.78, 5) is 0. The molecule has 0 radical (unpaired) electrons. The Morgan fingerprint density at radius 3 is 1.64 bits per heavy atom. The first-order valence-electron chi connectivity index (χ1n) is 10.8. The van der Waals surface area contributed by atoms with Crippen LogP contribution in [0.15, 0.2) is 66.7 Å². The third kappa shape index (κ3) is 11.9. The largest absolute Gasteiger partial charge is 0.508 e. The van der Waals surface area contributed by atoms with Gasteiger partial charge in [-0.1, -0.05) is 59.0 Å². The average Bonchev–Trinajstić information content (AvgIpc) is 2.75. The van der Waals surface area contributed by atoms with Crippen LogP contribution in [-0.4, -0.2) is 18.3 Å². The van der Waals surface area contributed by atoms with Crippen molar-refractivity contribution < 1.29 is 19.3 Å². The van der Waals surface area contributed by atoms with Crippen LogP contribution in [0.25, 0.3) is 0 Å². The van der Waals surface area contributed by atoms with Crippen LogP contribution >= 0.6 is 0 Å². The van der Waals surface area contributed by atoms with E-state index in [1.165, 1.54) is 5.56 Å². The lowest BCUT2D eigenvalue weighted by molar-refractivity contribution is 0.294. The van der Waals surface area contributed by atoms with Crippen molar-refractivity contribution in [3.8, 4) is 23.0 Å². The van der Waals surface area contributed by atoms with E-state index >= 15 is 0 Å². The molecule has 0 spiro atoms. The first kappa shape index (κ1) is 29.9. The molecule has 0 bridgehead atoms. The minimum Gasteiger partial charge on any atom is -0.508 e. The fraction of sp³-hybridized carbons (Fsp3) is 0.379. The molecule has 0 aliphatic carbocycles. The lowest BCUT2D eigenvalue weighted by atomic mass is 10.2. The predicted octanol–water partition coefficient (Wildman–Crippen LogP) is 8.12. The predicted molar refractivity (Wildman–Crippen MR) is 140 cm³/mol. The van der Waals surface area contributed by atoms with Crippen LogP contribution in [0, 0.1) is 13.8 Å². The maximum atomic E-state index is 9.21. The number of phenolic OH excluding ortho intramolecular Hbond substituents is 1. The summed E-state index contributed by atoms with van der Waals surface area (Å²) >= 11 is 0. The fourth-order valence-corrected chi connectivity index (χ4v) is 2.87. The average molecular weight is 455 g/mol. The van der Waals surface area contributed by atoms with Crippen LogP contribution in [0.4, 0.5) is 0 Å². The molecule has 0 fully saturated rings. The molecule has 0 saturated carbocycles. The Morgan fingerprint density at radius 2 is 1.12 bits per heavy atom. The van der Waals surface area contributed by atoms with Crippen LogP contribution in [0.3, 0.4) is 0 Å². The van der Waals surface area contributed by atoms with Crippen molar-refractivity contribution in [3.63, 3.8) is 0 Å². The summed E-state index contributed by atoms with van der Waals surface area (Å²) in [6.07, 6.45) is 1.99. The molecule has 3 aromatic carbocycles. The Hall–Kier alpha value is -3.14. The van der Waals surface area contributed by atoms with Gasteiger partial charge in [0.15, 0.2) is 0 Å². The molecule has 0 amide bonds. The first-order chi connectivity index (χ1) is 15.0. The van der Waals surface area contributed by atoms with Crippen molar-refractivity contribution in [3.05, 3.63) is 83.4 Å². The molecular formula is C29H42O4. The quantitative estimate of drug-likeness (QED) is 0.354. The Bertz CT molecular complexity index is 887. The summed E-state index contributed by atoms with van der Waals surface area (Å²) in [5, 5.41) is 9.21. The van der Waals surface area contributed by atoms with Gasteiger partial charge in [0.1, 0.15) is 29.6 Å². The van der Waals surface area contributed by atoms with Crippen molar-refractivity contribution in [1.29, 1.82) is 0 Å². The molecule has 182 valence electrons. The Labute approximate surface area is 201 Å². The number of hydrogen-bond acceptors (Lipinski definition) is 4. The summed E-state index contributed by atoms with van der Waals surface area (Å²) in [5.74, 6) is 2.75. The molecule has 4 nitrogen and oxygen atoms in total. The second-order valence-electron chi connectivity index (χ2n) is 7.46. The molecule has 0 heterocycles. The highest BCUT2D eigenvalue weighted by atomic mass is 16.5. The number of hydrogen-bond donors (Lipinski definition) is 1. The van der Waals surface area contributed by atoms with E-state index in [2.05, 4.69) is 26.0 Å². The van der Waals surface area contributed by atoms with Gasteiger partial charge >= 0.3 is 0 Å². The fourth-order valence-electron chi connectivity index (χ4n) is 2.87. The van der Waals surface area contributed by atoms with Crippen LogP contribution in [0.2, 0.25) is 0 Å². The number of rotatable bonds is 9. The molecule has 33 heavy (non-hydrogen) atoms. The van der Waals surface area contributed by atoms with Gasteiger partial charge in [-0.25, -0.2) is 0 Å². The topological polar surface area (TPSA) is 47.9 Å². The number of phenols is 1. The summed E-state index contributed by atoms with van der Waals surface area (Å²) in [7, 11) is 0. The van der Waals surface area contributed by atoms with Crippen molar-refractivity contribution in [1.82, 2.24) is 0 Å². The van der Waals surface area contributed by atoms with E-state index in [0.717, 1.165) is 47.8 Å². The summed E-state index contributed by atoms with van der Waals surface area (Å²) < 4.78 is 16.8. The van der Waals surface area contributed by atoms with Crippen molar-refractivity contribution in [2.24, 2.45) is 0 Å². The van der Waals surface area contributed by atoms with Crippen molar-refractivity contribution in [2.45, 2.75) is 62.0 Å². The smallest absolute Gasteiger partial charge is 0.123 e. The normalized spacial score (nSPS) is 9.45. The molecular weight excluding hydrogens is 412 g/mol. The summed E-state index contributed by atoms with van der Waals surface area (Å²) in [6.45, 7) is 10.1. The zero-order valence-corrected chi connectivity index (χ0v) is 19.1. The van der Waals surface area contributed by atoms with Gasteiger partial charge in [-0.2, -0.15) is 0 Å². The van der Waals surface area contributed by atoms with E-state index < -0.39 is 0 Å². The highest BCUT2D eigenvalue weighted by Crippen LogP contribution is 2.24. The van der Waals surface area contributed by atoms with Gasteiger partial charge in [0, 0.05) is 12.1 Å². The SMILES string of the molecule is C.C.CCCOc1cc(C)cc(O)c1.CCCOc1cc(C)cc(OCc2ccccc2)c1. The van der Waals surface area contributed by atoms with E-state index in [1.54, 1.807) is 12.1 Å². The molecule has 1 N–H and O–H groups in total. The molecule has 3 rings (SSSR count). The third-order valence-electron chi connectivity index (χ3n) is 4.25. The second kappa shape index (κ2) is 16.5. The van der Waals surface area contributed by atoms with Gasteiger partial charge in [0.2, 0.25) is 0 Å². The highest BCUT2D eigenvalue weighted by Gasteiger charge is 2.01. The maximum Gasteiger partial charge on any atom is 0.123 e. The lowest BCUT2D eigenvalue weighted by Crippen LogP contribution is -1.98. The Morgan fingerprint density at radius 1 is 0.636 bits per heavy atom. The zero-order chi connectivity index (χ0) is 22.5. The number of ether oxygens (including phenoxy) is 3. The van der Waals surface area contributed by atoms with Gasteiger partial charge < -0.3 is 19.3 Å². The van der Waals surface area contributed by atoms with Crippen LogP contribution in [0.5, 0.6) is 23.0 Å². The maximum absolute atomic E-state index is 9.21. The van der Waals surface area contributed by atoms with Crippen LogP contribution in [-0.2, 0) is 6.61 Å². The van der Waals surface area contributed by atoms with Crippen molar-refractivity contribution >= 4 is 0 Å². The highest BCUT2D eigenvalue weighted by molar-refractivity contribution is 5.38. The molecule has 0 aliphatic heterocycles. The Kier molecular flexibility index (Phi) is 14.9. The minimum absolute atomic E-state index is 0. The molecule has 0 atom stereocenters. The van der Waals surface area contributed by atoms with Crippen LogP contribution in [0.1, 0.15) is 58.2 Å². The minimum atomic E-state index is 0. The van der Waals surface area contributed by atoms with E-state index in [9.17, 15) is 5.11 Å². The summed E-state index contributed by atoms with van der Waals surface area (Å²) in [5.41, 5.74) is 3.33. The van der Waals surface area contributed by atoms with Gasteiger partial charge in [0.25, 0.3) is 0 Å². The molecule has 0 unspecified atom stereocenters. The van der Waals surface area contributed by atoms with Gasteiger partial charge in [-0.05, 0) is 67.6 Å². The zero-order valence-electron chi connectivity index (χ0n) is 19.1.